The van der Waals surface area contributed by atoms with Crippen LogP contribution in [0.5, 0.6) is 0 Å². The lowest BCUT2D eigenvalue weighted by molar-refractivity contribution is 0.102. The van der Waals surface area contributed by atoms with Gasteiger partial charge in [0.1, 0.15) is 0 Å². The summed E-state index contributed by atoms with van der Waals surface area (Å²) in [4.78, 5) is 12.8. The van der Waals surface area contributed by atoms with Gasteiger partial charge in [0, 0.05) is 22.6 Å². The highest BCUT2D eigenvalue weighted by atomic mass is 32.2. The van der Waals surface area contributed by atoms with Crippen molar-refractivity contribution in [3.05, 3.63) is 78.4 Å². The van der Waals surface area contributed by atoms with Crippen molar-refractivity contribution in [3.63, 3.8) is 0 Å². The summed E-state index contributed by atoms with van der Waals surface area (Å²) in [6, 6.07) is 20.0. The van der Waals surface area contributed by atoms with E-state index in [0.29, 0.717) is 22.8 Å². The zero-order chi connectivity index (χ0) is 21.8. The number of H-pyrrole nitrogens is 1. The number of primary sulfonamides is 1. The van der Waals surface area contributed by atoms with E-state index in [-0.39, 0.29) is 10.6 Å². The molecule has 164 valence electrons. The van der Waals surface area contributed by atoms with Gasteiger partial charge in [-0.15, -0.1) is 10.2 Å². The van der Waals surface area contributed by atoms with Crippen LogP contribution in [-0.4, -0.2) is 34.9 Å². The van der Waals surface area contributed by atoms with E-state index in [9.17, 15) is 13.2 Å². The molecule has 0 unspecified atom stereocenters. The topological polar surface area (TPSA) is 156 Å². The van der Waals surface area contributed by atoms with E-state index in [0.717, 1.165) is 11.3 Å². The monoisotopic (exact) mass is 443 g/mol. The van der Waals surface area contributed by atoms with Crippen LogP contribution >= 0.6 is 0 Å². The fourth-order valence-electron chi connectivity index (χ4n) is 2.92. The molecule has 0 saturated carbocycles. The smallest absolute Gasteiger partial charge is 0.257 e. The molecular weight excluding hydrogens is 418 g/mol. The number of benzene rings is 3. The number of sulfonamides is 1. The number of aromatic nitrogens is 4. The SMILES string of the molecule is NS(=O)(=O)c1cccc(NC(=O)c2ccccc2Nc2cccc(-c3nn[nH]n3)c2)c1.[HH].[HH].[HH].[HH]. The lowest BCUT2D eigenvalue weighted by atomic mass is 10.1. The first-order valence-corrected chi connectivity index (χ1v) is 10.6. The second-order valence-electron chi connectivity index (χ2n) is 6.51. The van der Waals surface area contributed by atoms with Crippen molar-refractivity contribution in [1.29, 1.82) is 0 Å². The van der Waals surface area contributed by atoms with Gasteiger partial charge in [0.2, 0.25) is 15.8 Å². The van der Waals surface area contributed by atoms with E-state index in [1.807, 2.05) is 24.3 Å². The molecule has 0 fully saturated rings. The van der Waals surface area contributed by atoms with Gasteiger partial charge in [-0.2, -0.15) is 5.21 Å². The van der Waals surface area contributed by atoms with Crippen LogP contribution < -0.4 is 15.8 Å². The largest absolute Gasteiger partial charge is 0.355 e. The molecule has 0 aliphatic carbocycles. The van der Waals surface area contributed by atoms with Crippen LogP contribution in [0.15, 0.2) is 77.7 Å². The van der Waals surface area contributed by atoms with Crippen molar-refractivity contribution in [2.75, 3.05) is 10.6 Å². The number of aromatic amines is 1. The Labute approximate surface area is 183 Å². The standard InChI is InChI=1S/C20H17N7O3S.4H2/c21-31(29,30)16-8-4-7-15(12-16)23-20(28)17-9-1-2-10-18(17)22-14-6-3-5-13(11-14)19-24-26-27-25-19;;;;/h1-12,22H,(H,23,28)(H2,21,29,30)(H,24,25,26,27);4*1H. The fourth-order valence-corrected chi connectivity index (χ4v) is 3.47. The number of carbonyl (C=O) groups is 1. The van der Waals surface area contributed by atoms with Crippen LogP contribution in [0.1, 0.15) is 16.1 Å². The minimum absolute atomic E-state index is 0. The summed E-state index contributed by atoms with van der Waals surface area (Å²) in [6.07, 6.45) is 0. The van der Waals surface area contributed by atoms with E-state index in [1.54, 1.807) is 30.3 Å². The lowest BCUT2D eigenvalue weighted by Gasteiger charge is -2.13. The third kappa shape index (κ3) is 4.74. The first-order chi connectivity index (χ1) is 14.9. The number of nitrogens with zero attached hydrogens (tertiary/aromatic N) is 3. The molecule has 0 atom stereocenters. The fraction of sp³-hybridized carbons (Fsp3) is 0. The number of nitrogens with two attached hydrogens (primary N) is 1. The van der Waals surface area contributed by atoms with Gasteiger partial charge in [-0.1, -0.05) is 30.3 Å². The molecule has 0 aliphatic rings. The van der Waals surface area contributed by atoms with Crippen LogP contribution in [0.4, 0.5) is 17.1 Å². The van der Waals surface area contributed by atoms with Crippen LogP contribution in [0.3, 0.4) is 0 Å². The highest BCUT2D eigenvalue weighted by Crippen LogP contribution is 2.25. The maximum Gasteiger partial charge on any atom is 0.257 e. The molecule has 1 amide bonds. The second kappa shape index (κ2) is 8.34. The maximum atomic E-state index is 12.9. The number of nitrogens with one attached hydrogen (secondary N) is 3. The van der Waals surface area contributed by atoms with Crippen molar-refractivity contribution < 1.29 is 18.9 Å². The molecule has 5 N–H and O–H groups in total. The Bertz CT molecular complexity index is 1360. The van der Waals surface area contributed by atoms with E-state index >= 15 is 0 Å². The molecule has 10 nitrogen and oxygen atoms in total. The average molecular weight is 444 g/mol. The van der Waals surface area contributed by atoms with Crippen LogP contribution in [0.2, 0.25) is 0 Å². The van der Waals surface area contributed by atoms with Crippen LogP contribution in [0.25, 0.3) is 11.4 Å². The number of amides is 1. The molecule has 0 bridgehead atoms. The normalized spacial score (nSPS) is 11.1. The first-order valence-electron chi connectivity index (χ1n) is 9.04. The van der Waals surface area contributed by atoms with Gasteiger partial charge in [0.15, 0.2) is 0 Å². The molecule has 0 spiro atoms. The van der Waals surface area contributed by atoms with Gasteiger partial charge in [0.05, 0.1) is 16.1 Å². The van der Waals surface area contributed by atoms with E-state index in [1.165, 1.54) is 18.2 Å². The molecule has 3 aromatic carbocycles. The number of tetrazole rings is 1. The summed E-state index contributed by atoms with van der Waals surface area (Å²) in [5.41, 5.74) is 2.71. The van der Waals surface area contributed by atoms with Gasteiger partial charge >= 0.3 is 0 Å². The Morgan fingerprint density at radius 2 is 1.74 bits per heavy atom. The molecule has 0 aliphatic heterocycles. The highest BCUT2D eigenvalue weighted by Gasteiger charge is 2.14. The first kappa shape index (κ1) is 20.2. The lowest BCUT2D eigenvalue weighted by Crippen LogP contribution is -2.15. The molecular formula is C20H25N7O3S. The summed E-state index contributed by atoms with van der Waals surface area (Å²) < 4.78 is 23.1. The summed E-state index contributed by atoms with van der Waals surface area (Å²) >= 11 is 0. The van der Waals surface area contributed by atoms with E-state index in [4.69, 9.17) is 5.14 Å². The average Bonchev–Trinajstić information content (AvgIpc) is 3.29. The predicted molar refractivity (Wildman–Crippen MR) is 124 cm³/mol. The third-order valence-electron chi connectivity index (χ3n) is 4.34. The Balaban J connectivity index is 0.00000289. The number of hydrogen-bond acceptors (Lipinski definition) is 7. The summed E-state index contributed by atoms with van der Waals surface area (Å²) in [6.45, 7) is 0. The van der Waals surface area contributed by atoms with E-state index in [2.05, 4.69) is 31.3 Å². The Morgan fingerprint density at radius 3 is 2.52 bits per heavy atom. The van der Waals surface area contributed by atoms with Crippen molar-refractivity contribution in [2.24, 2.45) is 5.14 Å². The molecule has 1 heterocycles. The van der Waals surface area contributed by atoms with Crippen molar-refractivity contribution in [1.82, 2.24) is 20.6 Å². The van der Waals surface area contributed by atoms with Gasteiger partial charge in [-0.3, -0.25) is 4.79 Å². The molecule has 0 saturated heterocycles. The van der Waals surface area contributed by atoms with Gasteiger partial charge < -0.3 is 10.6 Å². The molecule has 31 heavy (non-hydrogen) atoms. The number of carbonyl (C=O) groups excluding carboxylic acids is 1. The maximum absolute atomic E-state index is 12.9. The van der Waals surface area contributed by atoms with Gasteiger partial charge in [-0.25, -0.2) is 13.6 Å². The molecule has 0 radical (unpaired) electrons. The number of anilines is 3. The Hall–Kier alpha value is -4.09. The molecule has 1 aromatic heterocycles. The molecule has 4 aromatic rings. The minimum Gasteiger partial charge on any atom is -0.355 e. The van der Waals surface area contributed by atoms with Crippen LogP contribution in [-0.2, 0) is 10.0 Å². The van der Waals surface area contributed by atoms with Crippen LogP contribution in [0, 0.1) is 0 Å². The van der Waals surface area contributed by atoms with Crippen molar-refractivity contribution >= 4 is 33.0 Å². The van der Waals surface area contributed by atoms with Gasteiger partial charge in [-0.05, 0) is 47.7 Å². The molecule has 11 heteroatoms. The number of hydrogen-bond donors (Lipinski definition) is 4. The Morgan fingerprint density at radius 1 is 0.968 bits per heavy atom. The zero-order valence-electron chi connectivity index (χ0n) is 16.0. The van der Waals surface area contributed by atoms with E-state index < -0.39 is 15.9 Å². The summed E-state index contributed by atoms with van der Waals surface area (Å²) in [7, 11) is -3.88. The van der Waals surface area contributed by atoms with Crippen molar-refractivity contribution in [3.8, 4) is 11.4 Å². The molecule has 4 rings (SSSR count). The number of rotatable bonds is 6. The summed E-state index contributed by atoms with van der Waals surface area (Å²) in [5, 5.41) is 25.0. The quantitative estimate of drug-likeness (QED) is 0.355. The summed E-state index contributed by atoms with van der Waals surface area (Å²) in [5.74, 6) is 0.0356. The third-order valence-corrected chi connectivity index (χ3v) is 5.25. The minimum atomic E-state index is -3.88. The predicted octanol–water partition coefficient (Wildman–Crippen LogP) is 3.49. The highest BCUT2D eigenvalue weighted by molar-refractivity contribution is 7.89. The second-order valence-corrected chi connectivity index (χ2v) is 8.08. The van der Waals surface area contributed by atoms with Crippen molar-refractivity contribution in [2.45, 2.75) is 4.90 Å². The number of para-hydroxylation sites is 1. The Kier molecular flexibility index (Phi) is 5.43. The van der Waals surface area contributed by atoms with Gasteiger partial charge in [0.25, 0.3) is 5.91 Å². The zero-order valence-corrected chi connectivity index (χ0v) is 16.8.